The normalized spacial score (nSPS) is 10.6. The molecule has 0 saturated heterocycles. The van der Waals surface area contributed by atoms with Crippen LogP contribution in [-0.4, -0.2) is 17.1 Å². The molecule has 0 saturated carbocycles. The van der Waals surface area contributed by atoms with Crippen LogP contribution in [0, 0.1) is 0 Å². The fraction of sp³-hybridized carbons (Fsp3) is 0.120. The van der Waals surface area contributed by atoms with E-state index in [0.29, 0.717) is 29.2 Å². The first kappa shape index (κ1) is 20.2. The van der Waals surface area contributed by atoms with Gasteiger partial charge in [0.2, 0.25) is 5.91 Å². The second kappa shape index (κ2) is 9.17. The molecule has 156 valence electrons. The Kier molecular flexibility index (Phi) is 5.98. The van der Waals surface area contributed by atoms with Gasteiger partial charge < -0.3 is 19.4 Å². The van der Waals surface area contributed by atoms with Crippen LogP contribution in [0.5, 0.6) is 17.2 Å². The first-order chi connectivity index (χ1) is 15.1. The summed E-state index contributed by atoms with van der Waals surface area (Å²) in [6.45, 7) is 2.66. The molecule has 4 rings (SSSR count). The Labute approximate surface area is 179 Å². The maximum absolute atomic E-state index is 12.5. The van der Waals surface area contributed by atoms with Gasteiger partial charge in [-0.2, -0.15) is 0 Å². The van der Waals surface area contributed by atoms with Gasteiger partial charge >= 0.3 is 0 Å². The minimum absolute atomic E-state index is 0.0598. The molecular formula is C25H22N2O4. The van der Waals surface area contributed by atoms with E-state index in [4.69, 9.17) is 9.47 Å². The molecule has 0 unspecified atom stereocenters. The van der Waals surface area contributed by atoms with E-state index in [9.17, 15) is 9.59 Å². The maximum Gasteiger partial charge on any atom is 0.244 e. The average molecular weight is 414 g/mol. The molecule has 0 spiro atoms. The summed E-state index contributed by atoms with van der Waals surface area (Å²) in [6.07, 6.45) is 1.64. The summed E-state index contributed by atoms with van der Waals surface area (Å²) < 4.78 is 13.0. The molecule has 1 N–H and O–H groups in total. The number of amides is 1. The zero-order valence-corrected chi connectivity index (χ0v) is 17.1. The Morgan fingerprint density at radius 2 is 1.52 bits per heavy atom. The van der Waals surface area contributed by atoms with Crippen LogP contribution in [0.1, 0.15) is 6.92 Å². The highest BCUT2D eigenvalue weighted by Gasteiger charge is 2.08. The van der Waals surface area contributed by atoms with Gasteiger partial charge in [0.15, 0.2) is 5.43 Å². The number of benzene rings is 3. The van der Waals surface area contributed by atoms with E-state index in [0.717, 1.165) is 11.3 Å². The Balaban J connectivity index is 1.39. The first-order valence-corrected chi connectivity index (χ1v) is 10.0. The average Bonchev–Trinajstić information content (AvgIpc) is 2.79. The van der Waals surface area contributed by atoms with Crippen LogP contribution in [0.15, 0.2) is 89.9 Å². The molecule has 0 bridgehead atoms. The number of carbonyl (C=O) groups is 1. The van der Waals surface area contributed by atoms with Gasteiger partial charge in [-0.3, -0.25) is 9.59 Å². The SMILES string of the molecule is CCOc1ccc(Oc2ccc(NC(=O)Cn3ccc(=O)c4ccccc43)cc2)cc1. The number of carbonyl (C=O) groups excluding carboxylic acids is 1. The van der Waals surface area contributed by atoms with E-state index in [-0.39, 0.29) is 17.9 Å². The van der Waals surface area contributed by atoms with Crippen LogP contribution >= 0.6 is 0 Å². The number of aromatic nitrogens is 1. The van der Waals surface area contributed by atoms with E-state index in [1.165, 1.54) is 6.07 Å². The molecule has 0 radical (unpaired) electrons. The standard InChI is InChI=1S/C25H22N2O4/c1-2-30-19-11-13-21(14-12-19)31-20-9-7-18(8-10-20)26-25(29)17-27-16-15-24(28)22-5-3-4-6-23(22)27/h3-16H,2,17H2,1H3,(H,26,29). The van der Waals surface area contributed by atoms with Gasteiger partial charge in [0.1, 0.15) is 23.8 Å². The molecule has 1 heterocycles. The summed E-state index contributed by atoms with van der Waals surface area (Å²) in [5.74, 6) is 1.97. The minimum atomic E-state index is -0.186. The number of nitrogens with one attached hydrogen (secondary N) is 1. The number of rotatable bonds is 7. The van der Waals surface area contributed by atoms with E-state index >= 15 is 0 Å². The monoisotopic (exact) mass is 414 g/mol. The predicted octanol–water partition coefficient (Wildman–Crippen LogP) is 4.83. The zero-order chi connectivity index (χ0) is 21.6. The number of nitrogens with zero attached hydrogens (tertiary/aromatic N) is 1. The van der Waals surface area contributed by atoms with Gasteiger partial charge in [-0.15, -0.1) is 0 Å². The first-order valence-electron chi connectivity index (χ1n) is 10.0. The van der Waals surface area contributed by atoms with Crippen molar-refractivity contribution in [1.29, 1.82) is 0 Å². The molecule has 0 fully saturated rings. The molecule has 3 aromatic carbocycles. The second-order valence-electron chi connectivity index (χ2n) is 6.90. The summed E-state index contributed by atoms with van der Waals surface area (Å²) in [5, 5.41) is 3.46. The van der Waals surface area contributed by atoms with Crippen molar-refractivity contribution in [1.82, 2.24) is 4.57 Å². The van der Waals surface area contributed by atoms with Crippen molar-refractivity contribution in [2.24, 2.45) is 0 Å². The molecule has 6 nitrogen and oxygen atoms in total. The van der Waals surface area contributed by atoms with E-state index in [1.807, 2.05) is 49.4 Å². The quantitative estimate of drug-likeness (QED) is 0.470. The number of ether oxygens (including phenoxy) is 2. The van der Waals surface area contributed by atoms with Crippen molar-refractivity contribution in [3.63, 3.8) is 0 Å². The van der Waals surface area contributed by atoms with Crippen LogP contribution in [0.2, 0.25) is 0 Å². The molecule has 0 atom stereocenters. The zero-order valence-electron chi connectivity index (χ0n) is 17.1. The highest BCUT2D eigenvalue weighted by molar-refractivity contribution is 5.91. The van der Waals surface area contributed by atoms with Crippen molar-refractivity contribution in [2.75, 3.05) is 11.9 Å². The van der Waals surface area contributed by atoms with Crippen LogP contribution in [0.3, 0.4) is 0 Å². The molecule has 1 amide bonds. The third kappa shape index (κ3) is 4.93. The fourth-order valence-corrected chi connectivity index (χ4v) is 3.27. The van der Waals surface area contributed by atoms with Gasteiger partial charge in [0.25, 0.3) is 0 Å². The third-order valence-electron chi connectivity index (χ3n) is 4.71. The largest absolute Gasteiger partial charge is 0.494 e. The van der Waals surface area contributed by atoms with Gasteiger partial charge in [0.05, 0.1) is 12.1 Å². The highest BCUT2D eigenvalue weighted by Crippen LogP contribution is 2.25. The fourth-order valence-electron chi connectivity index (χ4n) is 3.27. The van der Waals surface area contributed by atoms with E-state index in [2.05, 4.69) is 5.32 Å². The van der Waals surface area contributed by atoms with Crippen molar-refractivity contribution in [3.8, 4) is 17.2 Å². The van der Waals surface area contributed by atoms with Crippen LogP contribution < -0.4 is 20.2 Å². The lowest BCUT2D eigenvalue weighted by molar-refractivity contribution is -0.116. The number of anilines is 1. The summed E-state index contributed by atoms with van der Waals surface area (Å²) in [7, 11) is 0. The Morgan fingerprint density at radius 3 is 2.23 bits per heavy atom. The number of hydrogen-bond donors (Lipinski definition) is 1. The second-order valence-corrected chi connectivity index (χ2v) is 6.90. The van der Waals surface area contributed by atoms with E-state index < -0.39 is 0 Å². The molecule has 31 heavy (non-hydrogen) atoms. The summed E-state index contributed by atoms with van der Waals surface area (Å²) >= 11 is 0. The topological polar surface area (TPSA) is 69.6 Å². The van der Waals surface area contributed by atoms with Crippen molar-refractivity contribution >= 4 is 22.5 Å². The van der Waals surface area contributed by atoms with Crippen LogP contribution in [0.25, 0.3) is 10.9 Å². The Bertz CT molecular complexity index is 1250. The smallest absolute Gasteiger partial charge is 0.244 e. The lowest BCUT2D eigenvalue weighted by atomic mass is 10.2. The lowest BCUT2D eigenvalue weighted by Gasteiger charge is -2.12. The number of pyridine rings is 1. The summed E-state index contributed by atoms with van der Waals surface area (Å²) in [4.78, 5) is 24.5. The Morgan fingerprint density at radius 1 is 0.871 bits per heavy atom. The van der Waals surface area contributed by atoms with Crippen molar-refractivity contribution < 1.29 is 14.3 Å². The van der Waals surface area contributed by atoms with Gasteiger partial charge in [0, 0.05) is 23.3 Å². The van der Waals surface area contributed by atoms with Crippen molar-refractivity contribution in [2.45, 2.75) is 13.5 Å². The van der Waals surface area contributed by atoms with Gasteiger partial charge in [-0.1, -0.05) is 12.1 Å². The number of para-hydroxylation sites is 1. The maximum atomic E-state index is 12.5. The molecule has 1 aromatic heterocycles. The van der Waals surface area contributed by atoms with Gasteiger partial charge in [-0.25, -0.2) is 0 Å². The summed E-state index contributed by atoms with van der Waals surface area (Å²) in [5.41, 5.74) is 1.33. The van der Waals surface area contributed by atoms with Gasteiger partial charge in [-0.05, 0) is 67.6 Å². The molecule has 6 heteroatoms. The number of hydrogen-bond acceptors (Lipinski definition) is 4. The Hall–Kier alpha value is -4.06. The lowest BCUT2D eigenvalue weighted by Crippen LogP contribution is -2.20. The van der Waals surface area contributed by atoms with Crippen LogP contribution in [-0.2, 0) is 11.3 Å². The molecule has 0 aliphatic rings. The molecule has 0 aliphatic heterocycles. The molecule has 4 aromatic rings. The van der Waals surface area contributed by atoms with E-state index in [1.54, 1.807) is 41.1 Å². The molecular weight excluding hydrogens is 392 g/mol. The summed E-state index contributed by atoms with van der Waals surface area (Å²) in [6, 6.07) is 23.3. The number of fused-ring (bicyclic) bond motifs is 1. The van der Waals surface area contributed by atoms with Crippen molar-refractivity contribution in [3.05, 3.63) is 95.3 Å². The highest BCUT2D eigenvalue weighted by atomic mass is 16.5. The third-order valence-corrected chi connectivity index (χ3v) is 4.71. The molecule has 0 aliphatic carbocycles. The minimum Gasteiger partial charge on any atom is -0.494 e. The predicted molar refractivity (Wildman–Crippen MR) is 121 cm³/mol. The van der Waals surface area contributed by atoms with Crippen LogP contribution in [0.4, 0.5) is 5.69 Å².